The number of rotatable bonds is 3. The fourth-order valence-corrected chi connectivity index (χ4v) is 2.81. The fraction of sp³-hybridized carbons (Fsp3) is 0.167. The number of hydrogen-bond acceptors (Lipinski definition) is 3. The van der Waals surface area contributed by atoms with E-state index in [1.165, 1.54) is 0 Å². The SMILES string of the molecule is O=C(O)c1ccc(-n2cnc3ccc(C(=O)N4CCC4)cc32)cc1. The van der Waals surface area contributed by atoms with E-state index in [4.69, 9.17) is 5.11 Å². The number of carbonyl (C=O) groups excluding carboxylic acids is 1. The third-order valence-corrected chi connectivity index (χ3v) is 4.33. The van der Waals surface area contributed by atoms with Crippen molar-refractivity contribution in [2.45, 2.75) is 6.42 Å². The second-order valence-corrected chi connectivity index (χ2v) is 5.82. The Morgan fingerprint density at radius 1 is 1.00 bits per heavy atom. The zero-order valence-electron chi connectivity index (χ0n) is 12.8. The van der Waals surface area contributed by atoms with Gasteiger partial charge in [0.1, 0.15) is 6.33 Å². The van der Waals surface area contributed by atoms with E-state index in [9.17, 15) is 9.59 Å². The molecule has 1 saturated heterocycles. The summed E-state index contributed by atoms with van der Waals surface area (Å²) in [5, 5.41) is 9.00. The van der Waals surface area contributed by atoms with Crippen LogP contribution in [0.25, 0.3) is 16.7 Å². The summed E-state index contributed by atoms with van der Waals surface area (Å²) in [4.78, 5) is 29.5. The summed E-state index contributed by atoms with van der Waals surface area (Å²) in [5.41, 5.74) is 3.29. The molecule has 6 heteroatoms. The van der Waals surface area contributed by atoms with E-state index in [1.807, 2.05) is 21.6 Å². The Morgan fingerprint density at radius 2 is 1.71 bits per heavy atom. The fourth-order valence-electron chi connectivity index (χ4n) is 2.81. The van der Waals surface area contributed by atoms with E-state index in [2.05, 4.69) is 4.98 Å². The number of nitrogens with zero attached hydrogens (tertiary/aromatic N) is 3. The van der Waals surface area contributed by atoms with Gasteiger partial charge in [-0.2, -0.15) is 0 Å². The Morgan fingerprint density at radius 3 is 2.33 bits per heavy atom. The Bertz CT molecular complexity index is 940. The molecule has 0 spiro atoms. The van der Waals surface area contributed by atoms with Crippen molar-refractivity contribution in [3.63, 3.8) is 0 Å². The van der Waals surface area contributed by atoms with Gasteiger partial charge >= 0.3 is 5.97 Å². The molecule has 1 aliphatic rings. The Kier molecular flexibility index (Phi) is 3.30. The number of carboxylic acid groups (broad SMARTS) is 1. The van der Waals surface area contributed by atoms with Crippen LogP contribution >= 0.6 is 0 Å². The van der Waals surface area contributed by atoms with Gasteiger partial charge in [0.25, 0.3) is 5.91 Å². The molecule has 3 aromatic rings. The van der Waals surface area contributed by atoms with Gasteiger partial charge in [-0.05, 0) is 48.9 Å². The average Bonchev–Trinajstić information content (AvgIpc) is 2.96. The molecule has 1 N–H and O–H groups in total. The monoisotopic (exact) mass is 321 g/mol. The highest BCUT2D eigenvalue weighted by Crippen LogP contribution is 2.22. The van der Waals surface area contributed by atoms with Crippen LogP contribution in [0.1, 0.15) is 27.1 Å². The van der Waals surface area contributed by atoms with Crippen LogP contribution in [0.4, 0.5) is 0 Å². The number of hydrogen-bond donors (Lipinski definition) is 1. The molecule has 0 bridgehead atoms. The van der Waals surface area contributed by atoms with Gasteiger partial charge in [0.05, 0.1) is 16.6 Å². The van der Waals surface area contributed by atoms with Crippen molar-refractivity contribution >= 4 is 22.9 Å². The molecule has 4 rings (SSSR count). The highest BCUT2D eigenvalue weighted by molar-refractivity contribution is 5.98. The molecule has 6 nitrogen and oxygen atoms in total. The predicted octanol–water partition coefficient (Wildman–Crippen LogP) is 2.57. The Hall–Kier alpha value is -3.15. The molecule has 120 valence electrons. The maximum Gasteiger partial charge on any atom is 0.335 e. The zero-order valence-corrected chi connectivity index (χ0v) is 12.8. The van der Waals surface area contributed by atoms with Crippen molar-refractivity contribution in [3.8, 4) is 5.69 Å². The average molecular weight is 321 g/mol. The van der Waals surface area contributed by atoms with Crippen LogP contribution < -0.4 is 0 Å². The van der Waals surface area contributed by atoms with Gasteiger partial charge in [-0.1, -0.05) is 0 Å². The first-order valence-electron chi connectivity index (χ1n) is 7.73. The second-order valence-electron chi connectivity index (χ2n) is 5.82. The topological polar surface area (TPSA) is 75.4 Å². The van der Waals surface area contributed by atoms with Crippen molar-refractivity contribution in [1.82, 2.24) is 14.5 Å². The molecule has 2 heterocycles. The van der Waals surface area contributed by atoms with Crippen molar-refractivity contribution in [1.29, 1.82) is 0 Å². The van der Waals surface area contributed by atoms with Gasteiger partial charge in [0, 0.05) is 24.3 Å². The highest BCUT2D eigenvalue weighted by Gasteiger charge is 2.22. The minimum atomic E-state index is -0.959. The van der Waals surface area contributed by atoms with E-state index < -0.39 is 5.97 Å². The lowest BCUT2D eigenvalue weighted by Gasteiger charge is -2.30. The number of imidazole rings is 1. The van der Waals surface area contributed by atoms with Crippen LogP contribution in [0.5, 0.6) is 0 Å². The highest BCUT2D eigenvalue weighted by atomic mass is 16.4. The number of amides is 1. The number of benzene rings is 2. The standard InChI is InChI=1S/C18H15N3O3/c22-17(20-8-1-9-20)13-4-7-15-16(10-13)21(11-19-15)14-5-2-12(3-6-14)18(23)24/h2-7,10-11H,1,8-9H2,(H,23,24). The van der Waals surface area contributed by atoms with Crippen LogP contribution in [-0.2, 0) is 0 Å². The Labute approximate surface area is 138 Å². The molecular formula is C18H15N3O3. The van der Waals surface area contributed by atoms with E-state index in [0.717, 1.165) is 36.2 Å². The summed E-state index contributed by atoms with van der Waals surface area (Å²) in [6, 6.07) is 12.0. The van der Waals surface area contributed by atoms with Crippen molar-refractivity contribution in [3.05, 3.63) is 59.9 Å². The van der Waals surface area contributed by atoms with Gasteiger partial charge in [-0.3, -0.25) is 9.36 Å². The number of carbonyl (C=O) groups is 2. The van der Waals surface area contributed by atoms with E-state index in [1.54, 1.807) is 36.7 Å². The second kappa shape index (κ2) is 5.49. The molecule has 0 unspecified atom stereocenters. The lowest BCUT2D eigenvalue weighted by Crippen LogP contribution is -2.41. The first-order valence-corrected chi connectivity index (χ1v) is 7.73. The maximum atomic E-state index is 12.4. The first-order chi connectivity index (χ1) is 11.6. The van der Waals surface area contributed by atoms with Crippen LogP contribution in [0, 0.1) is 0 Å². The van der Waals surface area contributed by atoms with Crippen LogP contribution in [-0.4, -0.2) is 44.5 Å². The maximum absolute atomic E-state index is 12.4. The molecule has 1 fully saturated rings. The van der Waals surface area contributed by atoms with Crippen LogP contribution in [0.15, 0.2) is 48.8 Å². The van der Waals surface area contributed by atoms with Gasteiger partial charge < -0.3 is 10.0 Å². The van der Waals surface area contributed by atoms with Crippen molar-refractivity contribution in [2.24, 2.45) is 0 Å². The normalized spacial score (nSPS) is 13.8. The quantitative estimate of drug-likeness (QED) is 0.804. The summed E-state index contributed by atoms with van der Waals surface area (Å²) in [6.07, 6.45) is 2.74. The molecule has 2 aromatic carbocycles. The lowest BCUT2D eigenvalue weighted by atomic mass is 10.1. The predicted molar refractivity (Wildman–Crippen MR) is 88.5 cm³/mol. The molecule has 24 heavy (non-hydrogen) atoms. The summed E-state index contributed by atoms with van der Waals surface area (Å²) < 4.78 is 1.86. The van der Waals surface area contributed by atoms with Gasteiger partial charge in [0.2, 0.25) is 0 Å². The minimum absolute atomic E-state index is 0.0390. The van der Waals surface area contributed by atoms with E-state index >= 15 is 0 Å². The van der Waals surface area contributed by atoms with E-state index in [-0.39, 0.29) is 11.5 Å². The summed E-state index contributed by atoms with van der Waals surface area (Å²) >= 11 is 0. The molecular weight excluding hydrogens is 306 g/mol. The molecule has 1 amide bonds. The summed E-state index contributed by atoms with van der Waals surface area (Å²) in [6.45, 7) is 1.62. The number of aromatic nitrogens is 2. The number of likely N-dealkylation sites (tertiary alicyclic amines) is 1. The molecule has 1 aliphatic heterocycles. The number of aromatic carboxylic acids is 1. The van der Waals surface area contributed by atoms with Crippen molar-refractivity contribution < 1.29 is 14.7 Å². The number of carboxylic acids is 1. The molecule has 0 atom stereocenters. The molecule has 1 aromatic heterocycles. The third kappa shape index (κ3) is 2.32. The zero-order chi connectivity index (χ0) is 16.7. The van der Waals surface area contributed by atoms with Gasteiger partial charge in [-0.25, -0.2) is 9.78 Å². The lowest BCUT2D eigenvalue weighted by molar-refractivity contribution is 0.0650. The molecule has 0 saturated carbocycles. The first kappa shape index (κ1) is 14.4. The summed E-state index contributed by atoms with van der Waals surface area (Å²) in [7, 11) is 0. The third-order valence-electron chi connectivity index (χ3n) is 4.33. The number of fused-ring (bicyclic) bond motifs is 1. The largest absolute Gasteiger partial charge is 0.478 e. The molecule has 0 radical (unpaired) electrons. The van der Waals surface area contributed by atoms with Gasteiger partial charge in [-0.15, -0.1) is 0 Å². The van der Waals surface area contributed by atoms with Crippen molar-refractivity contribution in [2.75, 3.05) is 13.1 Å². The molecule has 0 aliphatic carbocycles. The Balaban J connectivity index is 1.75. The summed E-state index contributed by atoms with van der Waals surface area (Å²) in [5.74, 6) is -0.920. The smallest absolute Gasteiger partial charge is 0.335 e. The minimum Gasteiger partial charge on any atom is -0.478 e. The van der Waals surface area contributed by atoms with Gasteiger partial charge in [0.15, 0.2) is 0 Å². The van der Waals surface area contributed by atoms with Crippen LogP contribution in [0.3, 0.4) is 0 Å². The van der Waals surface area contributed by atoms with Crippen LogP contribution in [0.2, 0.25) is 0 Å². The van der Waals surface area contributed by atoms with E-state index in [0.29, 0.717) is 5.56 Å².